The summed E-state index contributed by atoms with van der Waals surface area (Å²) in [5.41, 5.74) is 0.755. The first-order chi connectivity index (χ1) is 11.8. The summed E-state index contributed by atoms with van der Waals surface area (Å²) in [5, 5.41) is 3.32. The van der Waals surface area contributed by atoms with Crippen molar-refractivity contribution >= 4 is 23.0 Å². The molecule has 0 spiro atoms. The van der Waals surface area contributed by atoms with E-state index in [0.29, 0.717) is 17.3 Å². The number of anilines is 1. The summed E-state index contributed by atoms with van der Waals surface area (Å²) in [6.45, 7) is 4.64. The molecule has 1 aromatic heterocycles. The van der Waals surface area contributed by atoms with Gasteiger partial charge in [0.15, 0.2) is 5.11 Å². The Morgan fingerprint density at radius 2 is 1.88 bits per heavy atom. The maximum Gasteiger partial charge on any atom is 0.416 e. The van der Waals surface area contributed by atoms with Crippen molar-refractivity contribution in [3.63, 3.8) is 0 Å². The Kier molecular flexibility index (Phi) is 6.36. The van der Waals surface area contributed by atoms with E-state index >= 15 is 0 Å². The molecule has 7 heteroatoms. The van der Waals surface area contributed by atoms with E-state index < -0.39 is 11.7 Å². The third-order valence-corrected chi connectivity index (χ3v) is 4.05. The second-order valence-electron chi connectivity index (χ2n) is 5.90. The van der Waals surface area contributed by atoms with Crippen LogP contribution in [0.15, 0.2) is 48.8 Å². The van der Waals surface area contributed by atoms with Gasteiger partial charge in [0.1, 0.15) is 0 Å². The molecule has 2 aromatic rings. The molecule has 134 valence electrons. The Labute approximate surface area is 150 Å². The molecule has 2 rings (SSSR count). The number of rotatable bonds is 5. The average Bonchev–Trinajstić information content (AvgIpc) is 2.55. The molecule has 3 nitrogen and oxygen atoms in total. The number of nitrogens with zero attached hydrogens (tertiary/aromatic N) is 2. The Bertz CT molecular complexity index is 702. The van der Waals surface area contributed by atoms with Crippen LogP contribution in [-0.2, 0) is 12.6 Å². The van der Waals surface area contributed by atoms with Crippen LogP contribution in [0.25, 0.3) is 0 Å². The number of benzene rings is 1. The molecule has 0 bridgehead atoms. The van der Waals surface area contributed by atoms with E-state index in [1.54, 1.807) is 18.5 Å². The molecule has 0 unspecified atom stereocenters. The minimum absolute atomic E-state index is 0.118. The van der Waals surface area contributed by atoms with Crippen molar-refractivity contribution in [2.45, 2.75) is 32.5 Å². The zero-order valence-electron chi connectivity index (χ0n) is 14.0. The van der Waals surface area contributed by atoms with E-state index in [-0.39, 0.29) is 6.04 Å². The summed E-state index contributed by atoms with van der Waals surface area (Å²) >= 11 is 5.41. The number of aromatic nitrogens is 1. The zero-order valence-corrected chi connectivity index (χ0v) is 14.9. The van der Waals surface area contributed by atoms with E-state index in [1.807, 2.05) is 30.9 Å². The second-order valence-corrected chi connectivity index (χ2v) is 6.29. The first-order valence-electron chi connectivity index (χ1n) is 7.91. The molecule has 1 heterocycles. The highest BCUT2D eigenvalue weighted by atomic mass is 32.1. The third kappa shape index (κ3) is 5.70. The fraction of sp³-hybridized carbons (Fsp3) is 0.333. The molecule has 0 amide bonds. The first-order valence-corrected chi connectivity index (χ1v) is 8.32. The summed E-state index contributed by atoms with van der Waals surface area (Å²) in [6, 6.07) is 9.02. The van der Waals surface area contributed by atoms with Crippen LogP contribution in [-0.4, -0.2) is 27.6 Å². The van der Waals surface area contributed by atoms with Crippen molar-refractivity contribution in [2.24, 2.45) is 0 Å². The van der Waals surface area contributed by atoms with Gasteiger partial charge in [-0.3, -0.25) is 4.98 Å². The summed E-state index contributed by atoms with van der Waals surface area (Å²) < 4.78 is 38.5. The molecule has 0 aliphatic carbocycles. The van der Waals surface area contributed by atoms with Crippen molar-refractivity contribution < 1.29 is 13.2 Å². The standard InChI is InChI=1S/C18H20F3N3S/c1-13(2)24(11-8-14-6-9-22-10-7-14)17(25)23-16-5-3-4-15(12-16)18(19,20)21/h3-7,9-10,12-13H,8,11H2,1-2H3,(H,23,25). The van der Waals surface area contributed by atoms with Crippen molar-refractivity contribution in [1.29, 1.82) is 0 Å². The fourth-order valence-corrected chi connectivity index (χ4v) is 2.78. The van der Waals surface area contributed by atoms with Gasteiger partial charge in [-0.1, -0.05) is 6.07 Å². The minimum Gasteiger partial charge on any atom is -0.346 e. The van der Waals surface area contributed by atoms with E-state index in [4.69, 9.17) is 12.2 Å². The van der Waals surface area contributed by atoms with Gasteiger partial charge in [-0.05, 0) is 68.4 Å². The molecule has 1 N–H and O–H groups in total. The van der Waals surface area contributed by atoms with Crippen LogP contribution < -0.4 is 5.32 Å². The molecule has 1 aromatic carbocycles. The number of nitrogens with one attached hydrogen (secondary N) is 1. The molecular formula is C18H20F3N3S. The number of hydrogen-bond donors (Lipinski definition) is 1. The molecule has 0 atom stereocenters. The van der Waals surface area contributed by atoms with Crippen molar-refractivity contribution in [3.05, 3.63) is 59.9 Å². The van der Waals surface area contributed by atoms with E-state index in [2.05, 4.69) is 10.3 Å². The fourth-order valence-electron chi connectivity index (χ4n) is 2.36. The lowest BCUT2D eigenvalue weighted by atomic mass is 10.2. The number of halogens is 3. The van der Waals surface area contributed by atoms with Crippen LogP contribution in [0.1, 0.15) is 25.0 Å². The SMILES string of the molecule is CC(C)N(CCc1ccncc1)C(=S)Nc1cccc(C(F)(F)F)c1. The third-order valence-electron chi connectivity index (χ3n) is 3.72. The topological polar surface area (TPSA) is 28.2 Å². The van der Waals surface area contributed by atoms with Crippen LogP contribution in [0.4, 0.5) is 18.9 Å². The Hall–Kier alpha value is -2.15. The maximum atomic E-state index is 12.8. The number of thiocarbonyl (C=S) groups is 1. The first kappa shape index (κ1) is 19.2. The van der Waals surface area contributed by atoms with Gasteiger partial charge in [-0.25, -0.2) is 0 Å². The Balaban J connectivity index is 2.05. The number of hydrogen-bond acceptors (Lipinski definition) is 2. The van der Waals surface area contributed by atoms with Gasteiger partial charge in [-0.15, -0.1) is 0 Å². The minimum atomic E-state index is -4.38. The lowest BCUT2D eigenvalue weighted by molar-refractivity contribution is -0.137. The summed E-state index contributed by atoms with van der Waals surface area (Å²) in [4.78, 5) is 5.94. The van der Waals surface area contributed by atoms with Crippen LogP contribution in [0, 0.1) is 0 Å². The number of alkyl halides is 3. The highest BCUT2D eigenvalue weighted by molar-refractivity contribution is 7.80. The van der Waals surface area contributed by atoms with E-state index in [0.717, 1.165) is 24.1 Å². The number of pyridine rings is 1. The highest BCUT2D eigenvalue weighted by Gasteiger charge is 2.30. The zero-order chi connectivity index (χ0) is 18.4. The van der Waals surface area contributed by atoms with Gasteiger partial charge in [0, 0.05) is 30.7 Å². The predicted octanol–water partition coefficient (Wildman–Crippen LogP) is 4.75. The van der Waals surface area contributed by atoms with Crippen LogP contribution in [0.3, 0.4) is 0 Å². The molecule has 0 fully saturated rings. The van der Waals surface area contributed by atoms with Crippen LogP contribution in [0.5, 0.6) is 0 Å². The molecule has 0 aliphatic heterocycles. The van der Waals surface area contributed by atoms with Gasteiger partial charge in [-0.2, -0.15) is 13.2 Å². The molecule has 0 aliphatic rings. The van der Waals surface area contributed by atoms with Crippen LogP contribution in [0.2, 0.25) is 0 Å². The second kappa shape index (κ2) is 8.29. The largest absolute Gasteiger partial charge is 0.416 e. The highest BCUT2D eigenvalue weighted by Crippen LogP contribution is 2.30. The normalized spacial score (nSPS) is 11.4. The van der Waals surface area contributed by atoms with Gasteiger partial charge in [0.25, 0.3) is 0 Å². The molecule has 25 heavy (non-hydrogen) atoms. The smallest absolute Gasteiger partial charge is 0.346 e. The van der Waals surface area contributed by atoms with Gasteiger partial charge >= 0.3 is 6.18 Å². The summed E-state index contributed by atoms with van der Waals surface area (Å²) in [6.07, 6.45) is -0.147. The van der Waals surface area contributed by atoms with E-state index in [1.165, 1.54) is 6.07 Å². The monoisotopic (exact) mass is 367 g/mol. The molecule has 0 saturated heterocycles. The quantitative estimate of drug-likeness (QED) is 0.772. The van der Waals surface area contributed by atoms with E-state index in [9.17, 15) is 13.2 Å². The lowest BCUT2D eigenvalue weighted by Crippen LogP contribution is -2.41. The maximum absolute atomic E-state index is 12.8. The average molecular weight is 367 g/mol. The van der Waals surface area contributed by atoms with Gasteiger partial charge in [0.2, 0.25) is 0 Å². The Morgan fingerprint density at radius 1 is 1.20 bits per heavy atom. The molecule has 0 saturated carbocycles. The van der Waals surface area contributed by atoms with Crippen molar-refractivity contribution in [1.82, 2.24) is 9.88 Å². The summed E-state index contributed by atoms with van der Waals surface area (Å²) in [7, 11) is 0. The summed E-state index contributed by atoms with van der Waals surface area (Å²) in [5.74, 6) is 0. The van der Waals surface area contributed by atoms with Gasteiger partial charge < -0.3 is 10.2 Å². The molecular weight excluding hydrogens is 347 g/mol. The molecule has 0 radical (unpaired) electrons. The van der Waals surface area contributed by atoms with Gasteiger partial charge in [0.05, 0.1) is 5.56 Å². The van der Waals surface area contributed by atoms with Crippen LogP contribution >= 0.6 is 12.2 Å². The lowest BCUT2D eigenvalue weighted by Gasteiger charge is -2.30. The van der Waals surface area contributed by atoms with Crippen molar-refractivity contribution in [3.8, 4) is 0 Å². The predicted molar refractivity (Wildman–Crippen MR) is 97.4 cm³/mol. The van der Waals surface area contributed by atoms with Crippen molar-refractivity contribution in [2.75, 3.05) is 11.9 Å². The Morgan fingerprint density at radius 3 is 2.48 bits per heavy atom.